The average molecular weight is 407 g/mol. The van der Waals surface area contributed by atoms with Crippen molar-refractivity contribution in [2.24, 2.45) is 0 Å². The third-order valence-electron chi connectivity index (χ3n) is 4.29. The van der Waals surface area contributed by atoms with Gasteiger partial charge in [0.15, 0.2) is 23.3 Å². The van der Waals surface area contributed by atoms with Crippen molar-refractivity contribution in [3.05, 3.63) is 66.2 Å². The standard InChI is InChI=1S/C19H17N7O4/c1-29-18(28)14(11-6-3-2-4-7-11)26-16-12(10-21-26)15(22-19(20)23-16)24-25-17(27)13-8-5-9-30-13/h2-10,14H,1H3,(H,25,27)(H3,20,22,23,24). The van der Waals surface area contributed by atoms with Crippen LogP contribution in [0.5, 0.6) is 0 Å². The number of aromatic nitrogens is 4. The number of benzene rings is 1. The second kappa shape index (κ2) is 7.91. The molecule has 0 saturated carbocycles. The fourth-order valence-electron chi connectivity index (χ4n) is 2.94. The third-order valence-corrected chi connectivity index (χ3v) is 4.29. The maximum atomic E-state index is 12.5. The SMILES string of the molecule is COC(=O)C(c1ccccc1)n1ncc2c(NNC(=O)c3ccco3)nc(N)nc21. The van der Waals surface area contributed by atoms with Crippen molar-refractivity contribution in [3.63, 3.8) is 0 Å². The average Bonchev–Trinajstić information content (AvgIpc) is 3.43. The van der Waals surface area contributed by atoms with Crippen LogP contribution in [0.15, 0.2) is 59.3 Å². The number of nitrogen functional groups attached to an aromatic ring is 1. The molecule has 11 nitrogen and oxygen atoms in total. The summed E-state index contributed by atoms with van der Waals surface area (Å²) >= 11 is 0. The van der Waals surface area contributed by atoms with Gasteiger partial charge in [0.05, 0.1) is 25.0 Å². The van der Waals surface area contributed by atoms with Crippen LogP contribution in [0.2, 0.25) is 0 Å². The van der Waals surface area contributed by atoms with Crippen LogP contribution >= 0.6 is 0 Å². The molecule has 4 N–H and O–H groups in total. The Hall–Kier alpha value is -4.41. The number of hydrazine groups is 1. The van der Waals surface area contributed by atoms with Crippen molar-refractivity contribution in [1.82, 2.24) is 25.2 Å². The number of carbonyl (C=O) groups is 2. The zero-order chi connectivity index (χ0) is 21.1. The van der Waals surface area contributed by atoms with Crippen molar-refractivity contribution in [3.8, 4) is 0 Å². The predicted molar refractivity (Wildman–Crippen MR) is 106 cm³/mol. The van der Waals surface area contributed by atoms with E-state index >= 15 is 0 Å². The predicted octanol–water partition coefficient (Wildman–Crippen LogP) is 1.52. The molecule has 3 heterocycles. The normalized spacial score (nSPS) is 11.8. The minimum atomic E-state index is -0.881. The van der Waals surface area contributed by atoms with Gasteiger partial charge >= 0.3 is 11.9 Å². The fraction of sp³-hybridized carbons (Fsp3) is 0.105. The van der Waals surface area contributed by atoms with Crippen molar-refractivity contribution >= 4 is 34.7 Å². The summed E-state index contributed by atoms with van der Waals surface area (Å²) in [7, 11) is 1.30. The molecule has 11 heteroatoms. The number of nitrogens with zero attached hydrogens (tertiary/aromatic N) is 4. The summed E-state index contributed by atoms with van der Waals surface area (Å²) in [6.45, 7) is 0. The van der Waals surface area contributed by atoms with Gasteiger partial charge < -0.3 is 14.9 Å². The molecule has 4 aromatic rings. The van der Waals surface area contributed by atoms with Crippen molar-refractivity contribution in [2.75, 3.05) is 18.3 Å². The molecule has 30 heavy (non-hydrogen) atoms. The molecule has 1 amide bonds. The molecule has 0 aliphatic rings. The highest BCUT2D eigenvalue weighted by atomic mass is 16.5. The van der Waals surface area contributed by atoms with E-state index < -0.39 is 17.9 Å². The second-order valence-electron chi connectivity index (χ2n) is 6.15. The molecule has 0 fully saturated rings. The second-order valence-corrected chi connectivity index (χ2v) is 6.15. The maximum absolute atomic E-state index is 12.5. The van der Waals surface area contributed by atoms with E-state index in [0.717, 1.165) is 0 Å². The summed E-state index contributed by atoms with van der Waals surface area (Å²) in [5.41, 5.74) is 12.0. The zero-order valence-corrected chi connectivity index (χ0v) is 15.8. The van der Waals surface area contributed by atoms with E-state index in [1.54, 1.807) is 30.3 Å². The number of anilines is 2. The molecule has 0 bridgehead atoms. The molecule has 3 aromatic heterocycles. The molecule has 0 aliphatic carbocycles. The topological polar surface area (TPSA) is 150 Å². The van der Waals surface area contributed by atoms with Crippen LogP contribution in [0.3, 0.4) is 0 Å². The molecule has 0 aliphatic heterocycles. The number of rotatable bonds is 6. The molecule has 1 unspecified atom stereocenters. The van der Waals surface area contributed by atoms with Crippen LogP contribution < -0.4 is 16.6 Å². The number of hydrogen-bond donors (Lipinski definition) is 3. The van der Waals surface area contributed by atoms with Crippen molar-refractivity contribution in [1.29, 1.82) is 0 Å². The Morgan fingerprint density at radius 1 is 1.17 bits per heavy atom. The lowest BCUT2D eigenvalue weighted by atomic mass is 10.1. The Kier molecular flexibility index (Phi) is 4.99. The molecule has 152 valence electrons. The van der Waals surface area contributed by atoms with E-state index in [0.29, 0.717) is 10.9 Å². The lowest BCUT2D eigenvalue weighted by molar-refractivity contribution is -0.143. The highest BCUT2D eigenvalue weighted by molar-refractivity contribution is 5.94. The highest BCUT2D eigenvalue weighted by Crippen LogP contribution is 2.27. The molecular formula is C19H17N7O4. The van der Waals surface area contributed by atoms with Crippen LogP contribution in [0.4, 0.5) is 11.8 Å². The number of hydrogen-bond acceptors (Lipinski definition) is 9. The molecule has 1 aromatic carbocycles. The van der Waals surface area contributed by atoms with Crippen LogP contribution in [-0.4, -0.2) is 38.7 Å². The summed E-state index contributed by atoms with van der Waals surface area (Å²) in [5.74, 6) is -0.777. The number of fused-ring (bicyclic) bond motifs is 1. The molecule has 1 atom stereocenters. The highest BCUT2D eigenvalue weighted by Gasteiger charge is 2.27. The minimum Gasteiger partial charge on any atom is -0.467 e. The van der Waals surface area contributed by atoms with E-state index in [1.165, 1.54) is 30.3 Å². The Morgan fingerprint density at radius 2 is 1.97 bits per heavy atom. The lowest BCUT2D eigenvalue weighted by Gasteiger charge is -2.16. The Morgan fingerprint density at radius 3 is 2.67 bits per heavy atom. The van der Waals surface area contributed by atoms with E-state index in [-0.39, 0.29) is 23.2 Å². The molecule has 0 spiro atoms. The first-order valence-corrected chi connectivity index (χ1v) is 8.82. The quantitative estimate of drug-likeness (QED) is 0.319. The van der Waals surface area contributed by atoms with Gasteiger partial charge in [0, 0.05) is 0 Å². The lowest BCUT2D eigenvalue weighted by Crippen LogP contribution is -2.29. The third kappa shape index (κ3) is 3.51. The summed E-state index contributed by atoms with van der Waals surface area (Å²) in [4.78, 5) is 33.0. The van der Waals surface area contributed by atoms with E-state index in [1.807, 2.05) is 6.07 Å². The van der Waals surface area contributed by atoms with Crippen molar-refractivity contribution < 1.29 is 18.7 Å². The van der Waals surface area contributed by atoms with Gasteiger partial charge in [0.25, 0.3) is 0 Å². The van der Waals surface area contributed by atoms with Gasteiger partial charge in [-0.05, 0) is 17.7 Å². The smallest absolute Gasteiger partial charge is 0.335 e. The summed E-state index contributed by atoms with van der Waals surface area (Å²) in [6.07, 6.45) is 2.85. The summed E-state index contributed by atoms with van der Waals surface area (Å²) in [6, 6.07) is 11.2. The zero-order valence-electron chi connectivity index (χ0n) is 15.8. The van der Waals surface area contributed by atoms with Crippen LogP contribution in [0.25, 0.3) is 11.0 Å². The molecule has 0 saturated heterocycles. The van der Waals surface area contributed by atoms with Gasteiger partial charge in [-0.15, -0.1) is 0 Å². The fourth-order valence-corrected chi connectivity index (χ4v) is 2.94. The van der Waals surface area contributed by atoms with Gasteiger partial charge in [-0.25, -0.2) is 9.48 Å². The Labute approximate surface area is 169 Å². The molecule has 0 radical (unpaired) electrons. The Bertz CT molecular complexity index is 1190. The largest absolute Gasteiger partial charge is 0.467 e. The maximum Gasteiger partial charge on any atom is 0.335 e. The number of methoxy groups -OCH3 is 1. The van der Waals surface area contributed by atoms with Crippen LogP contribution in [0, 0.1) is 0 Å². The van der Waals surface area contributed by atoms with Crippen molar-refractivity contribution in [2.45, 2.75) is 6.04 Å². The molecular weight excluding hydrogens is 390 g/mol. The number of furan rings is 1. The number of nitrogens with two attached hydrogens (primary N) is 1. The number of nitrogens with one attached hydrogen (secondary N) is 2. The molecule has 4 rings (SSSR count). The van der Waals surface area contributed by atoms with E-state index in [2.05, 4.69) is 25.9 Å². The van der Waals surface area contributed by atoms with Gasteiger partial charge in [0.1, 0.15) is 0 Å². The van der Waals surface area contributed by atoms with Gasteiger partial charge in [-0.2, -0.15) is 15.1 Å². The number of carbonyl (C=O) groups excluding carboxylic acids is 2. The van der Waals surface area contributed by atoms with Gasteiger partial charge in [-0.1, -0.05) is 30.3 Å². The first kappa shape index (κ1) is 18.9. The number of esters is 1. The first-order valence-electron chi connectivity index (χ1n) is 8.82. The first-order chi connectivity index (χ1) is 14.6. The van der Waals surface area contributed by atoms with E-state index in [9.17, 15) is 9.59 Å². The minimum absolute atomic E-state index is 0.0734. The number of ether oxygens (including phenoxy) is 1. The monoisotopic (exact) mass is 407 g/mol. The van der Waals surface area contributed by atoms with Gasteiger partial charge in [0.2, 0.25) is 5.95 Å². The van der Waals surface area contributed by atoms with Crippen LogP contribution in [0.1, 0.15) is 22.2 Å². The van der Waals surface area contributed by atoms with Gasteiger partial charge in [-0.3, -0.25) is 15.6 Å². The van der Waals surface area contributed by atoms with E-state index in [4.69, 9.17) is 14.9 Å². The summed E-state index contributed by atoms with van der Waals surface area (Å²) in [5, 5.41) is 4.75. The summed E-state index contributed by atoms with van der Waals surface area (Å²) < 4.78 is 11.4. The van der Waals surface area contributed by atoms with Crippen LogP contribution in [-0.2, 0) is 9.53 Å². The Balaban J connectivity index is 1.72. The number of amides is 1.